The maximum atomic E-state index is 7.14. The fourth-order valence-electron chi connectivity index (χ4n) is 1.58. The van der Waals surface area contributed by atoms with Gasteiger partial charge < -0.3 is 5.73 Å². The van der Waals surface area contributed by atoms with Crippen LogP contribution < -0.4 is 11.2 Å². The number of nitrogens with two attached hydrogens (primary N) is 1. The van der Waals surface area contributed by atoms with Gasteiger partial charge in [-0.2, -0.15) is 5.10 Å². The van der Waals surface area contributed by atoms with Gasteiger partial charge in [0.05, 0.1) is 5.71 Å². The van der Waals surface area contributed by atoms with E-state index in [1.165, 1.54) is 0 Å². The van der Waals surface area contributed by atoms with E-state index in [9.17, 15) is 0 Å². The van der Waals surface area contributed by atoms with Crippen LogP contribution >= 0.6 is 11.6 Å². The molecular weight excluding hydrogens is 248 g/mol. The second-order valence-corrected chi connectivity index (χ2v) is 4.48. The van der Waals surface area contributed by atoms with Crippen LogP contribution in [0.1, 0.15) is 38.2 Å². The number of rotatable bonds is 6. The van der Waals surface area contributed by atoms with Crippen LogP contribution in [0.3, 0.4) is 0 Å². The Morgan fingerprint density at radius 3 is 2.56 bits per heavy atom. The van der Waals surface area contributed by atoms with E-state index in [2.05, 4.69) is 17.5 Å². The molecule has 18 heavy (non-hydrogen) atoms. The zero-order valence-corrected chi connectivity index (χ0v) is 11.3. The topological polar surface area (TPSA) is 74.3 Å². The van der Waals surface area contributed by atoms with E-state index in [1.54, 1.807) is 0 Å². The number of guanidine groups is 1. The van der Waals surface area contributed by atoms with Gasteiger partial charge in [-0.15, -0.1) is 0 Å². The minimum atomic E-state index is -0.156. The first-order chi connectivity index (χ1) is 8.63. The van der Waals surface area contributed by atoms with Crippen molar-refractivity contribution in [3.63, 3.8) is 0 Å². The molecule has 0 bridgehead atoms. The molecule has 0 atom stereocenters. The van der Waals surface area contributed by atoms with Crippen LogP contribution in [0.5, 0.6) is 0 Å². The molecule has 0 aliphatic heterocycles. The number of nitrogens with one attached hydrogen (secondary N) is 2. The molecule has 98 valence electrons. The molecule has 0 radical (unpaired) electrons. The lowest BCUT2D eigenvalue weighted by Crippen LogP contribution is -2.27. The van der Waals surface area contributed by atoms with Crippen LogP contribution in [0.4, 0.5) is 0 Å². The average molecular weight is 267 g/mol. The van der Waals surface area contributed by atoms with Crippen molar-refractivity contribution in [1.29, 1.82) is 5.41 Å². The molecule has 0 saturated carbocycles. The van der Waals surface area contributed by atoms with E-state index >= 15 is 0 Å². The molecule has 0 aliphatic rings. The maximum Gasteiger partial charge on any atom is 0.206 e. The Kier molecular flexibility index (Phi) is 6.22. The predicted molar refractivity (Wildman–Crippen MR) is 77.2 cm³/mol. The van der Waals surface area contributed by atoms with E-state index in [-0.39, 0.29) is 5.96 Å². The van der Waals surface area contributed by atoms with Gasteiger partial charge in [-0.25, -0.2) is 5.43 Å². The summed E-state index contributed by atoms with van der Waals surface area (Å²) in [6.07, 6.45) is 4.24. The minimum absolute atomic E-state index is 0.156. The van der Waals surface area contributed by atoms with Crippen molar-refractivity contribution in [1.82, 2.24) is 5.43 Å². The first-order valence-corrected chi connectivity index (χ1v) is 6.43. The van der Waals surface area contributed by atoms with Gasteiger partial charge in [0.2, 0.25) is 5.96 Å². The van der Waals surface area contributed by atoms with Crippen molar-refractivity contribution in [3.8, 4) is 0 Å². The molecule has 0 aliphatic carbocycles. The Balaban J connectivity index is 2.78. The fraction of sp³-hybridized carbons (Fsp3) is 0.385. The lowest BCUT2D eigenvalue weighted by Gasteiger charge is -2.07. The molecule has 0 unspecified atom stereocenters. The second kappa shape index (κ2) is 7.71. The molecule has 4 N–H and O–H groups in total. The molecule has 1 aromatic rings. The number of hydrazone groups is 1. The molecule has 4 nitrogen and oxygen atoms in total. The van der Waals surface area contributed by atoms with Crippen molar-refractivity contribution in [3.05, 3.63) is 34.9 Å². The van der Waals surface area contributed by atoms with Crippen molar-refractivity contribution in [2.75, 3.05) is 0 Å². The van der Waals surface area contributed by atoms with Crippen LogP contribution in [-0.2, 0) is 0 Å². The average Bonchev–Trinajstić information content (AvgIpc) is 2.34. The molecule has 1 rings (SSSR count). The first kappa shape index (κ1) is 14.5. The van der Waals surface area contributed by atoms with E-state index in [4.69, 9.17) is 22.7 Å². The van der Waals surface area contributed by atoms with Gasteiger partial charge in [0, 0.05) is 5.02 Å². The summed E-state index contributed by atoms with van der Waals surface area (Å²) < 4.78 is 0. The lowest BCUT2D eigenvalue weighted by atomic mass is 10.0. The summed E-state index contributed by atoms with van der Waals surface area (Å²) in [4.78, 5) is 0. The zero-order valence-electron chi connectivity index (χ0n) is 10.5. The Bertz CT molecular complexity index is 412. The van der Waals surface area contributed by atoms with Crippen LogP contribution in [0.2, 0.25) is 5.02 Å². The summed E-state index contributed by atoms with van der Waals surface area (Å²) in [5.41, 5.74) is 9.65. The van der Waals surface area contributed by atoms with Gasteiger partial charge in [0.15, 0.2) is 0 Å². The molecule has 0 fully saturated rings. The highest BCUT2D eigenvalue weighted by Gasteiger charge is 2.04. The van der Waals surface area contributed by atoms with Gasteiger partial charge >= 0.3 is 0 Å². The molecule has 0 aromatic heterocycles. The van der Waals surface area contributed by atoms with Gasteiger partial charge in [-0.1, -0.05) is 43.5 Å². The predicted octanol–water partition coefficient (Wildman–Crippen LogP) is 3.11. The number of hydrogen-bond donors (Lipinski definition) is 3. The first-order valence-electron chi connectivity index (χ1n) is 6.06. The van der Waals surface area contributed by atoms with Crippen molar-refractivity contribution in [2.45, 2.75) is 32.6 Å². The lowest BCUT2D eigenvalue weighted by molar-refractivity contribution is 0.739. The van der Waals surface area contributed by atoms with E-state index in [1.807, 2.05) is 24.3 Å². The summed E-state index contributed by atoms with van der Waals surface area (Å²) in [6.45, 7) is 2.16. The van der Waals surface area contributed by atoms with E-state index in [0.717, 1.165) is 37.0 Å². The highest BCUT2D eigenvalue weighted by atomic mass is 35.5. The maximum absolute atomic E-state index is 7.14. The molecule has 0 spiro atoms. The van der Waals surface area contributed by atoms with Gasteiger partial charge in [-0.05, 0) is 30.5 Å². The SMILES string of the molecule is CCCCC/C(=N\NC(=N)N)c1ccc(Cl)cc1. The van der Waals surface area contributed by atoms with Crippen LogP contribution in [-0.4, -0.2) is 11.7 Å². The molecule has 1 aromatic carbocycles. The smallest absolute Gasteiger partial charge is 0.206 e. The summed E-state index contributed by atoms with van der Waals surface area (Å²) in [6, 6.07) is 7.52. The number of unbranched alkanes of at least 4 members (excludes halogenated alkanes) is 2. The number of nitrogens with zero attached hydrogens (tertiary/aromatic N) is 1. The van der Waals surface area contributed by atoms with Gasteiger partial charge in [0.1, 0.15) is 0 Å². The summed E-state index contributed by atoms with van der Waals surface area (Å²) in [7, 11) is 0. The van der Waals surface area contributed by atoms with Crippen molar-refractivity contribution >= 4 is 23.3 Å². The largest absolute Gasteiger partial charge is 0.369 e. The highest BCUT2D eigenvalue weighted by Crippen LogP contribution is 2.13. The summed E-state index contributed by atoms with van der Waals surface area (Å²) in [5.74, 6) is -0.156. The number of hydrogen-bond acceptors (Lipinski definition) is 2. The third-order valence-electron chi connectivity index (χ3n) is 2.51. The monoisotopic (exact) mass is 266 g/mol. The molecule has 0 amide bonds. The zero-order chi connectivity index (χ0) is 13.4. The number of halogens is 1. The van der Waals surface area contributed by atoms with Crippen molar-refractivity contribution in [2.24, 2.45) is 10.8 Å². The molecular formula is C13H19ClN4. The quantitative estimate of drug-likeness (QED) is 0.320. The third-order valence-corrected chi connectivity index (χ3v) is 2.76. The molecule has 5 heteroatoms. The molecule has 0 saturated heterocycles. The summed E-state index contributed by atoms with van der Waals surface area (Å²) >= 11 is 5.86. The Morgan fingerprint density at radius 1 is 1.33 bits per heavy atom. The van der Waals surface area contributed by atoms with Crippen LogP contribution in [0.25, 0.3) is 0 Å². The fourth-order valence-corrected chi connectivity index (χ4v) is 1.70. The van der Waals surface area contributed by atoms with Crippen molar-refractivity contribution < 1.29 is 0 Å². The van der Waals surface area contributed by atoms with E-state index in [0.29, 0.717) is 5.02 Å². The third kappa shape index (κ3) is 5.19. The van der Waals surface area contributed by atoms with E-state index < -0.39 is 0 Å². The van der Waals surface area contributed by atoms with Crippen LogP contribution in [0.15, 0.2) is 29.4 Å². The second-order valence-electron chi connectivity index (χ2n) is 4.05. The minimum Gasteiger partial charge on any atom is -0.369 e. The Hall–Kier alpha value is -1.55. The Morgan fingerprint density at radius 2 is 2.00 bits per heavy atom. The Labute approximate surface area is 113 Å². The standard InChI is InChI=1S/C13H19ClN4/c1-2-3-4-5-12(17-18-13(15)16)10-6-8-11(14)9-7-10/h6-9H,2-5H2,1H3,(H4,15,16,18)/b17-12+. The van der Waals surface area contributed by atoms with Crippen LogP contribution in [0, 0.1) is 5.41 Å². The summed E-state index contributed by atoms with van der Waals surface area (Å²) in [5, 5.41) is 12.0. The normalized spacial score (nSPS) is 11.3. The van der Waals surface area contributed by atoms with Gasteiger partial charge in [0.25, 0.3) is 0 Å². The highest BCUT2D eigenvalue weighted by molar-refractivity contribution is 6.30. The molecule has 0 heterocycles. The number of benzene rings is 1. The van der Waals surface area contributed by atoms with Gasteiger partial charge in [-0.3, -0.25) is 5.41 Å².